The number of hydrogen-bond donors (Lipinski definition) is 0. The van der Waals surface area contributed by atoms with Crippen LogP contribution >= 0.6 is 0 Å². The molecule has 3 nitrogen and oxygen atoms in total. The minimum absolute atomic E-state index is 1.03. The van der Waals surface area contributed by atoms with Crippen LogP contribution in [-0.4, -0.2) is 17.0 Å². The summed E-state index contributed by atoms with van der Waals surface area (Å²) >= 11 is 0. The lowest BCUT2D eigenvalue weighted by molar-refractivity contribution is 1.18. The van der Waals surface area contributed by atoms with E-state index in [2.05, 4.69) is 87.6 Å². The van der Waals surface area contributed by atoms with Gasteiger partial charge in [0.1, 0.15) is 0 Å². The smallest absolute Gasteiger partial charge is 0.0567 e. The Morgan fingerprint density at radius 3 is 1.88 bits per heavy atom. The monoisotopic (exact) mass is 311 g/mol. The molecule has 3 aromatic carbocycles. The Hall–Kier alpha value is -3.20. The summed E-state index contributed by atoms with van der Waals surface area (Å²) in [5.74, 6) is 0. The summed E-state index contributed by atoms with van der Waals surface area (Å²) in [6.45, 7) is 1.85. The van der Waals surface area contributed by atoms with Crippen molar-refractivity contribution in [2.45, 2.75) is 6.92 Å². The molecule has 0 atom stereocenters. The maximum Gasteiger partial charge on any atom is 0.0567 e. The van der Waals surface area contributed by atoms with E-state index in [1.54, 1.807) is 12.4 Å². The highest BCUT2D eigenvalue weighted by Gasteiger charge is 2.10. The maximum atomic E-state index is 3.99. The highest BCUT2D eigenvalue weighted by molar-refractivity contribution is 6.09. The van der Waals surface area contributed by atoms with Crippen molar-refractivity contribution >= 4 is 34.2 Å². The number of aromatic nitrogens is 1. The fraction of sp³-hybridized carbons (Fsp3) is 0.0476. The molecule has 0 fully saturated rings. The number of benzene rings is 3. The summed E-state index contributed by atoms with van der Waals surface area (Å²) in [6.07, 6.45) is 3.43. The van der Waals surface area contributed by atoms with Gasteiger partial charge in [-0.15, -0.1) is 0 Å². The zero-order valence-electron chi connectivity index (χ0n) is 13.4. The Labute approximate surface area is 140 Å². The molecule has 116 valence electrons. The third-order valence-corrected chi connectivity index (χ3v) is 4.12. The number of hydrogen-bond acceptors (Lipinski definition) is 2. The van der Waals surface area contributed by atoms with Crippen LogP contribution in [0.1, 0.15) is 12.5 Å². The van der Waals surface area contributed by atoms with Gasteiger partial charge in [0.15, 0.2) is 0 Å². The first kappa shape index (κ1) is 14.4. The molecular formula is C21H17N3. The number of fused-ring (bicyclic) bond motifs is 3. The zero-order chi connectivity index (χ0) is 16.4. The molecule has 0 radical (unpaired) electrons. The number of rotatable bonds is 3. The van der Waals surface area contributed by atoms with E-state index in [1.165, 1.54) is 21.8 Å². The maximum absolute atomic E-state index is 3.99. The predicted molar refractivity (Wildman–Crippen MR) is 103 cm³/mol. The highest BCUT2D eigenvalue weighted by Crippen LogP contribution is 2.31. The van der Waals surface area contributed by atoms with E-state index < -0.39 is 0 Å². The van der Waals surface area contributed by atoms with Crippen molar-refractivity contribution in [2.75, 3.05) is 0 Å². The zero-order valence-corrected chi connectivity index (χ0v) is 13.4. The fourth-order valence-electron chi connectivity index (χ4n) is 3.08. The van der Waals surface area contributed by atoms with E-state index in [4.69, 9.17) is 0 Å². The fourth-order valence-corrected chi connectivity index (χ4v) is 3.08. The second-order valence-electron chi connectivity index (χ2n) is 5.58. The lowest BCUT2D eigenvalue weighted by Crippen LogP contribution is -1.94. The lowest BCUT2D eigenvalue weighted by Gasteiger charge is -2.07. The molecule has 1 heterocycles. The van der Waals surface area contributed by atoms with E-state index in [9.17, 15) is 0 Å². The van der Waals surface area contributed by atoms with Crippen molar-refractivity contribution in [1.82, 2.24) is 4.57 Å². The van der Waals surface area contributed by atoms with Gasteiger partial charge < -0.3 is 4.57 Å². The molecule has 0 aliphatic carbocycles. The van der Waals surface area contributed by atoms with E-state index in [1.807, 2.05) is 6.92 Å². The Kier molecular flexibility index (Phi) is 3.67. The van der Waals surface area contributed by atoms with Gasteiger partial charge in [0, 0.05) is 22.7 Å². The van der Waals surface area contributed by atoms with Gasteiger partial charge >= 0.3 is 0 Å². The average Bonchev–Trinajstić information content (AvgIpc) is 2.97. The Bertz CT molecular complexity index is 1000. The van der Waals surface area contributed by atoms with Crippen molar-refractivity contribution in [3.8, 4) is 5.69 Å². The molecule has 24 heavy (non-hydrogen) atoms. The molecule has 4 rings (SSSR count). The van der Waals surface area contributed by atoms with E-state index in [0.29, 0.717) is 0 Å². The first-order chi connectivity index (χ1) is 11.9. The Morgan fingerprint density at radius 1 is 0.708 bits per heavy atom. The lowest BCUT2D eigenvalue weighted by atomic mass is 10.2. The van der Waals surface area contributed by atoms with Crippen molar-refractivity contribution in [1.29, 1.82) is 0 Å². The topological polar surface area (TPSA) is 29.6 Å². The Morgan fingerprint density at radius 2 is 1.29 bits per heavy atom. The first-order valence-corrected chi connectivity index (χ1v) is 7.98. The molecule has 0 N–H and O–H groups in total. The SMILES string of the molecule is C/C=N/N=C/c1ccc(-n2c3ccccc3c3ccccc32)cc1. The van der Waals surface area contributed by atoms with Crippen LogP contribution in [0.25, 0.3) is 27.5 Å². The van der Waals surface area contributed by atoms with Gasteiger partial charge in [-0.2, -0.15) is 10.2 Å². The second-order valence-corrected chi connectivity index (χ2v) is 5.58. The predicted octanol–water partition coefficient (Wildman–Crippen LogP) is 5.21. The summed E-state index contributed by atoms with van der Waals surface area (Å²) in [4.78, 5) is 0. The van der Waals surface area contributed by atoms with Gasteiger partial charge in [0.05, 0.1) is 17.2 Å². The summed E-state index contributed by atoms with van der Waals surface area (Å²) in [6, 6.07) is 25.4. The number of nitrogens with zero attached hydrogens (tertiary/aromatic N) is 3. The van der Waals surface area contributed by atoms with Gasteiger partial charge in [-0.05, 0) is 36.8 Å². The molecule has 4 aromatic rings. The molecule has 0 saturated carbocycles. The third-order valence-electron chi connectivity index (χ3n) is 4.12. The van der Waals surface area contributed by atoms with E-state index in [0.717, 1.165) is 11.3 Å². The average molecular weight is 311 g/mol. The molecule has 0 unspecified atom stereocenters. The van der Waals surface area contributed by atoms with Crippen molar-refractivity contribution in [3.63, 3.8) is 0 Å². The van der Waals surface area contributed by atoms with Crippen LogP contribution < -0.4 is 0 Å². The van der Waals surface area contributed by atoms with E-state index in [-0.39, 0.29) is 0 Å². The normalized spacial score (nSPS) is 12.0. The molecule has 0 aliphatic heterocycles. The second kappa shape index (κ2) is 6.13. The largest absolute Gasteiger partial charge is 0.309 e. The van der Waals surface area contributed by atoms with Crippen LogP contribution in [0.4, 0.5) is 0 Å². The van der Waals surface area contributed by atoms with Gasteiger partial charge in [0.2, 0.25) is 0 Å². The van der Waals surface area contributed by atoms with Gasteiger partial charge in [-0.1, -0.05) is 48.5 Å². The summed E-state index contributed by atoms with van der Waals surface area (Å²) in [5, 5.41) is 10.4. The quantitative estimate of drug-likeness (QED) is 0.367. The highest BCUT2D eigenvalue weighted by atomic mass is 15.2. The van der Waals surface area contributed by atoms with Crippen LogP contribution in [0, 0.1) is 0 Å². The van der Waals surface area contributed by atoms with Crippen LogP contribution in [0.5, 0.6) is 0 Å². The summed E-state index contributed by atoms with van der Waals surface area (Å²) < 4.78 is 2.30. The Balaban J connectivity index is 1.89. The van der Waals surface area contributed by atoms with Crippen LogP contribution in [0.2, 0.25) is 0 Å². The molecule has 0 saturated heterocycles. The molecule has 0 aliphatic rings. The molecule has 1 aromatic heterocycles. The van der Waals surface area contributed by atoms with Crippen molar-refractivity contribution < 1.29 is 0 Å². The standard InChI is InChI=1S/C21H17N3/c1-2-22-23-15-16-11-13-17(14-12-16)24-20-9-5-3-7-18(20)19-8-4-6-10-21(19)24/h2-15H,1H3/b22-2+,23-15+. The van der Waals surface area contributed by atoms with Crippen LogP contribution in [0.15, 0.2) is 83.0 Å². The van der Waals surface area contributed by atoms with Crippen LogP contribution in [0.3, 0.4) is 0 Å². The minimum atomic E-state index is 1.03. The van der Waals surface area contributed by atoms with Gasteiger partial charge in [-0.25, -0.2) is 0 Å². The molecule has 3 heteroatoms. The molecule has 0 bridgehead atoms. The molecule has 0 spiro atoms. The minimum Gasteiger partial charge on any atom is -0.309 e. The van der Waals surface area contributed by atoms with Gasteiger partial charge in [-0.3, -0.25) is 0 Å². The summed E-state index contributed by atoms with van der Waals surface area (Å²) in [7, 11) is 0. The van der Waals surface area contributed by atoms with Crippen molar-refractivity contribution in [3.05, 3.63) is 78.4 Å². The first-order valence-electron chi connectivity index (χ1n) is 7.98. The number of para-hydroxylation sites is 2. The van der Waals surface area contributed by atoms with Crippen LogP contribution in [-0.2, 0) is 0 Å². The summed E-state index contributed by atoms with van der Waals surface area (Å²) in [5.41, 5.74) is 4.61. The van der Waals surface area contributed by atoms with E-state index >= 15 is 0 Å². The molecule has 0 amide bonds. The van der Waals surface area contributed by atoms with Gasteiger partial charge in [0.25, 0.3) is 0 Å². The third kappa shape index (κ3) is 2.40. The van der Waals surface area contributed by atoms with Crippen molar-refractivity contribution in [2.24, 2.45) is 10.2 Å². The molecular weight excluding hydrogens is 294 g/mol.